The van der Waals surface area contributed by atoms with E-state index < -0.39 is 0 Å². The Morgan fingerprint density at radius 1 is 1.30 bits per heavy atom. The molecule has 0 bridgehead atoms. The minimum Gasteiger partial charge on any atom is -0.469 e. The molecule has 0 unspecified atom stereocenters. The van der Waals surface area contributed by atoms with Crippen molar-refractivity contribution in [2.75, 3.05) is 19.0 Å². The van der Waals surface area contributed by atoms with E-state index in [-0.39, 0.29) is 36.5 Å². The molecular weight excluding hydrogens is 320 g/mol. The summed E-state index contributed by atoms with van der Waals surface area (Å²) in [6, 6.07) is 4.88. The van der Waals surface area contributed by atoms with Gasteiger partial charge in [-0.3, -0.25) is 14.4 Å². The number of nitrogens with one attached hydrogen (secondary N) is 2. The molecule has 0 radical (unpaired) electrons. The molecule has 2 rings (SSSR count). The van der Waals surface area contributed by atoms with E-state index in [0.717, 1.165) is 16.9 Å². The van der Waals surface area contributed by atoms with Crippen molar-refractivity contribution >= 4 is 34.1 Å². The molecule has 122 valence electrons. The van der Waals surface area contributed by atoms with Crippen molar-refractivity contribution in [3.8, 4) is 0 Å². The molecule has 0 aliphatic heterocycles. The Hall–Kier alpha value is -2.61. The predicted molar refractivity (Wildman–Crippen MR) is 84.7 cm³/mol. The van der Waals surface area contributed by atoms with Crippen molar-refractivity contribution in [3.63, 3.8) is 0 Å². The first-order chi connectivity index (χ1) is 11.0. The normalized spacial score (nSPS) is 10.2. The summed E-state index contributed by atoms with van der Waals surface area (Å²) in [4.78, 5) is 35.5. The fourth-order valence-corrected chi connectivity index (χ4v) is 2.79. The first-order valence-corrected chi connectivity index (χ1v) is 7.63. The van der Waals surface area contributed by atoms with Gasteiger partial charge in [-0.15, -0.1) is 11.3 Å². The van der Waals surface area contributed by atoms with E-state index in [4.69, 9.17) is 4.42 Å². The van der Waals surface area contributed by atoms with E-state index in [9.17, 15) is 14.4 Å². The molecule has 8 heteroatoms. The van der Waals surface area contributed by atoms with Gasteiger partial charge in [0.15, 0.2) is 5.76 Å². The third-order valence-electron chi connectivity index (χ3n) is 2.95. The summed E-state index contributed by atoms with van der Waals surface area (Å²) in [5.74, 6) is -0.872. The van der Waals surface area contributed by atoms with Crippen molar-refractivity contribution in [2.24, 2.45) is 0 Å². The lowest BCUT2D eigenvalue weighted by Crippen LogP contribution is -2.26. The largest absolute Gasteiger partial charge is 0.469 e. The number of thiophene rings is 1. The number of carbonyl (C=O) groups excluding carboxylic acids is 3. The van der Waals surface area contributed by atoms with Crippen LogP contribution >= 0.6 is 11.3 Å². The zero-order chi connectivity index (χ0) is 16.8. The van der Waals surface area contributed by atoms with Crippen LogP contribution < -0.4 is 10.6 Å². The van der Waals surface area contributed by atoms with Gasteiger partial charge in [0.1, 0.15) is 0 Å². The van der Waals surface area contributed by atoms with Gasteiger partial charge >= 0.3 is 5.97 Å². The average molecular weight is 336 g/mol. The number of aryl methyl sites for hydroxylation is 1. The van der Waals surface area contributed by atoms with Gasteiger partial charge in [-0.05, 0) is 30.7 Å². The molecule has 0 atom stereocenters. The molecule has 2 heterocycles. The van der Waals surface area contributed by atoms with Gasteiger partial charge in [-0.25, -0.2) is 0 Å². The van der Waals surface area contributed by atoms with Crippen LogP contribution in [0, 0.1) is 6.92 Å². The van der Waals surface area contributed by atoms with E-state index >= 15 is 0 Å². The fourth-order valence-electron chi connectivity index (χ4n) is 1.81. The van der Waals surface area contributed by atoms with Crippen LogP contribution in [0.2, 0.25) is 0 Å². The summed E-state index contributed by atoms with van der Waals surface area (Å²) in [6.45, 7) is 1.96. The van der Waals surface area contributed by atoms with Crippen molar-refractivity contribution < 1.29 is 23.5 Å². The number of anilines is 1. The molecule has 2 aromatic heterocycles. The lowest BCUT2D eigenvalue weighted by atomic mass is 10.2. The van der Waals surface area contributed by atoms with Crippen molar-refractivity contribution in [1.82, 2.24) is 5.32 Å². The second-order valence-electron chi connectivity index (χ2n) is 4.64. The number of hydrogen-bond acceptors (Lipinski definition) is 6. The topological polar surface area (TPSA) is 97.6 Å². The van der Waals surface area contributed by atoms with Crippen LogP contribution in [-0.2, 0) is 9.53 Å². The second-order valence-corrected chi connectivity index (χ2v) is 5.69. The van der Waals surface area contributed by atoms with Gasteiger partial charge in [-0.2, -0.15) is 0 Å². The smallest absolute Gasteiger partial charge is 0.307 e. The predicted octanol–water partition coefficient (Wildman–Crippen LogP) is 2.19. The Morgan fingerprint density at radius 2 is 2.09 bits per heavy atom. The Kier molecular flexibility index (Phi) is 5.53. The SMILES string of the molecule is COC(=O)CCNC(=O)c1sc(NC(=O)c2ccco2)cc1C. The highest BCUT2D eigenvalue weighted by Crippen LogP contribution is 2.27. The highest BCUT2D eigenvalue weighted by molar-refractivity contribution is 7.18. The summed E-state index contributed by atoms with van der Waals surface area (Å²) < 4.78 is 9.51. The summed E-state index contributed by atoms with van der Waals surface area (Å²) in [5, 5.41) is 5.86. The lowest BCUT2D eigenvalue weighted by Gasteiger charge is -2.03. The molecule has 0 spiro atoms. The number of amides is 2. The van der Waals surface area contributed by atoms with Crippen LogP contribution in [0.5, 0.6) is 0 Å². The first-order valence-electron chi connectivity index (χ1n) is 6.81. The number of carbonyl (C=O) groups is 3. The van der Waals surface area contributed by atoms with E-state index in [0.29, 0.717) is 9.88 Å². The molecular formula is C15H16N2O5S. The number of esters is 1. The number of methoxy groups -OCH3 is 1. The standard InChI is InChI=1S/C15H16N2O5S/c1-9-8-11(17-14(19)10-4-3-7-22-10)23-13(9)15(20)16-6-5-12(18)21-2/h3-4,7-8H,5-6H2,1-2H3,(H,16,20)(H,17,19). The maximum Gasteiger partial charge on any atom is 0.307 e. The highest BCUT2D eigenvalue weighted by Gasteiger charge is 2.16. The summed E-state index contributed by atoms with van der Waals surface area (Å²) >= 11 is 1.16. The maximum atomic E-state index is 12.1. The second kappa shape index (κ2) is 7.59. The zero-order valence-corrected chi connectivity index (χ0v) is 13.5. The van der Waals surface area contributed by atoms with Crippen LogP contribution in [0.15, 0.2) is 28.9 Å². The molecule has 0 aliphatic carbocycles. The minimum atomic E-state index is -0.389. The molecule has 23 heavy (non-hydrogen) atoms. The van der Waals surface area contributed by atoms with Crippen molar-refractivity contribution in [3.05, 3.63) is 40.7 Å². The average Bonchev–Trinajstić information content (AvgIpc) is 3.16. The van der Waals surface area contributed by atoms with E-state index in [1.54, 1.807) is 25.1 Å². The maximum absolute atomic E-state index is 12.1. The number of hydrogen-bond donors (Lipinski definition) is 2. The molecule has 0 aromatic carbocycles. The van der Waals surface area contributed by atoms with Gasteiger partial charge in [-0.1, -0.05) is 0 Å². The van der Waals surface area contributed by atoms with Gasteiger partial charge in [0.2, 0.25) is 0 Å². The van der Waals surface area contributed by atoms with Gasteiger partial charge in [0, 0.05) is 6.54 Å². The van der Waals surface area contributed by atoms with Crippen molar-refractivity contribution in [2.45, 2.75) is 13.3 Å². The molecule has 0 saturated carbocycles. The Morgan fingerprint density at radius 3 is 2.74 bits per heavy atom. The zero-order valence-electron chi connectivity index (χ0n) is 12.7. The molecule has 0 saturated heterocycles. The van der Waals surface area contributed by atoms with Crippen LogP contribution in [-0.4, -0.2) is 31.4 Å². The highest BCUT2D eigenvalue weighted by atomic mass is 32.1. The Labute approximate surface area is 136 Å². The van der Waals surface area contributed by atoms with Gasteiger partial charge in [0.25, 0.3) is 11.8 Å². The summed E-state index contributed by atoms with van der Waals surface area (Å²) in [7, 11) is 1.29. The van der Waals surface area contributed by atoms with Crippen LogP contribution in [0.25, 0.3) is 0 Å². The molecule has 0 aliphatic rings. The lowest BCUT2D eigenvalue weighted by molar-refractivity contribution is -0.140. The molecule has 7 nitrogen and oxygen atoms in total. The van der Waals surface area contributed by atoms with E-state index in [2.05, 4.69) is 15.4 Å². The van der Waals surface area contributed by atoms with Crippen molar-refractivity contribution in [1.29, 1.82) is 0 Å². The van der Waals surface area contributed by atoms with E-state index in [1.807, 2.05) is 0 Å². The number of ether oxygens (including phenoxy) is 1. The fraction of sp³-hybridized carbons (Fsp3) is 0.267. The summed E-state index contributed by atoms with van der Waals surface area (Å²) in [6.07, 6.45) is 1.52. The van der Waals surface area contributed by atoms with Crippen LogP contribution in [0.4, 0.5) is 5.00 Å². The quantitative estimate of drug-likeness (QED) is 0.788. The minimum absolute atomic E-state index is 0.106. The van der Waals surface area contributed by atoms with Gasteiger partial charge in [0.05, 0.1) is 29.7 Å². The summed E-state index contributed by atoms with van der Waals surface area (Å²) in [5.41, 5.74) is 0.736. The molecule has 2 amide bonds. The van der Waals surface area contributed by atoms with Gasteiger partial charge < -0.3 is 19.8 Å². The Bertz CT molecular complexity index is 706. The van der Waals surface area contributed by atoms with Crippen LogP contribution in [0.1, 0.15) is 32.2 Å². The number of rotatable bonds is 6. The molecule has 2 aromatic rings. The Balaban J connectivity index is 1.96. The van der Waals surface area contributed by atoms with Crippen LogP contribution in [0.3, 0.4) is 0 Å². The molecule has 0 fully saturated rings. The number of furan rings is 1. The molecule has 2 N–H and O–H groups in total. The third kappa shape index (κ3) is 4.43. The monoisotopic (exact) mass is 336 g/mol. The van der Waals surface area contributed by atoms with E-state index in [1.165, 1.54) is 13.4 Å². The first kappa shape index (κ1) is 16.8. The third-order valence-corrected chi connectivity index (χ3v) is 4.10.